The molecule has 7 nitrogen and oxygen atoms in total. The molecule has 1 saturated heterocycles. The number of hydrogen-bond acceptors (Lipinski definition) is 5. The van der Waals surface area contributed by atoms with Gasteiger partial charge in [-0.05, 0) is 37.5 Å². The predicted molar refractivity (Wildman–Crippen MR) is 106 cm³/mol. The van der Waals surface area contributed by atoms with E-state index in [1.807, 2.05) is 17.9 Å². The number of likely N-dealkylation sites (tertiary alicyclic amines) is 1. The second-order valence-electron chi connectivity index (χ2n) is 6.43. The Labute approximate surface area is 164 Å². The Morgan fingerprint density at radius 3 is 2.89 bits per heavy atom. The van der Waals surface area contributed by atoms with E-state index in [0.29, 0.717) is 26.9 Å². The zero-order valence-electron chi connectivity index (χ0n) is 14.7. The zero-order chi connectivity index (χ0) is 19.0. The number of nitrogens with zero attached hydrogens (tertiary/aromatic N) is 4. The Hall–Kier alpha value is -2.32. The molecule has 0 spiro atoms. The number of aromatic nitrogens is 4. The molecule has 1 aliphatic heterocycles. The summed E-state index contributed by atoms with van der Waals surface area (Å²) in [6, 6.07) is 5.39. The molecule has 3 heterocycles. The molecule has 0 unspecified atom stereocenters. The first-order chi connectivity index (χ1) is 13.1. The molecular weight excluding hydrogens is 386 g/mol. The minimum absolute atomic E-state index is 0.0609. The van der Waals surface area contributed by atoms with Crippen LogP contribution in [-0.4, -0.2) is 49.4 Å². The van der Waals surface area contributed by atoms with Crippen LogP contribution in [0.4, 0.5) is 0 Å². The molecule has 1 aliphatic rings. The summed E-state index contributed by atoms with van der Waals surface area (Å²) >= 11 is 7.51. The number of carbonyl (C=O) groups is 1. The summed E-state index contributed by atoms with van der Waals surface area (Å²) in [5.41, 5.74) is 1.60. The maximum atomic E-state index is 13.1. The SMILES string of the molecule is Cc1c(Cl)cccc1-n1c(SCC(=O)N2CCCC2)nc2[nH]ncc2c1=O. The van der Waals surface area contributed by atoms with Gasteiger partial charge in [0.05, 0.1) is 17.6 Å². The Balaban J connectivity index is 1.77. The van der Waals surface area contributed by atoms with Gasteiger partial charge in [-0.15, -0.1) is 0 Å². The van der Waals surface area contributed by atoms with Gasteiger partial charge < -0.3 is 4.90 Å². The van der Waals surface area contributed by atoms with Gasteiger partial charge in [-0.2, -0.15) is 5.10 Å². The number of fused-ring (bicyclic) bond motifs is 1. The summed E-state index contributed by atoms with van der Waals surface area (Å²) in [7, 11) is 0. The van der Waals surface area contributed by atoms with Crippen molar-refractivity contribution in [1.29, 1.82) is 0 Å². The number of benzene rings is 1. The van der Waals surface area contributed by atoms with Crippen molar-refractivity contribution in [3.8, 4) is 5.69 Å². The molecule has 0 bridgehead atoms. The molecular formula is C18H18ClN5O2S. The Morgan fingerprint density at radius 2 is 2.11 bits per heavy atom. The number of hydrogen-bond donors (Lipinski definition) is 1. The number of nitrogens with one attached hydrogen (secondary N) is 1. The second kappa shape index (κ2) is 7.36. The van der Waals surface area contributed by atoms with Crippen molar-refractivity contribution in [1.82, 2.24) is 24.6 Å². The highest BCUT2D eigenvalue weighted by Gasteiger charge is 2.21. The molecule has 0 aliphatic carbocycles. The van der Waals surface area contributed by atoms with Gasteiger partial charge in [0.15, 0.2) is 10.8 Å². The van der Waals surface area contributed by atoms with Crippen LogP contribution in [0.2, 0.25) is 5.02 Å². The van der Waals surface area contributed by atoms with Crippen molar-refractivity contribution < 1.29 is 4.79 Å². The van der Waals surface area contributed by atoms with Crippen LogP contribution in [-0.2, 0) is 4.79 Å². The largest absolute Gasteiger partial charge is 0.342 e. The first kappa shape index (κ1) is 18.1. The van der Waals surface area contributed by atoms with Crippen LogP contribution in [0.1, 0.15) is 18.4 Å². The smallest absolute Gasteiger partial charge is 0.269 e. The third-order valence-corrected chi connectivity index (χ3v) is 6.05. The molecule has 4 rings (SSSR count). The molecule has 0 saturated carbocycles. The third-order valence-electron chi connectivity index (χ3n) is 4.71. The van der Waals surface area contributed by atoms with E-state index in [1.54, 1.807) is 12.1 Å². The number of halogens is 1. The number of aromatic amines is 1. The van der Waals surface area contributed by atoms with Crippen molar-refractivity contribution in [3.05, 3.63) is 45.3 Å². The topological polar surface area (TPSA) is 83.9 Å². The van der Waals surface area contributed by atoms with Crippen LogP contribution in [0.5, 0.6) is 0 Å². The molecule has 140 valence electrons. The maximum Gasteiger partial charge on any atom is 0.269 e. The monoisotopic (exact) mass is 403 g/mol. The Kier molecular flexibility index (Phi) is 4.92. The van der Waals surface area contributed by atoms with E-state index in [9.17, 15) is 9.59 Å². The number of rotatable bonds is 4. The lowest BCUT2D eigenvalue weighted by Gasteiger charge is -2.17. The van der Waals surface area contributed by atoms with Crippen molar-refractivity contribution in [2.24, 2.45) is 0 Å². The molecule has 9 heteroatoms. The van der Waals surface area contributed by atoms with Crippen LogP contribution in [0.15, 0.2) is 34.3 Å². The fourth-order valence-electron chi connectivity index (χ4n) is 3.21. The lowest BCUT2D eigenvalue weighted by atomic mass is 10.2. The van der Waals surface area contributed by atoms with E-state index in [2.05, 4.69) is 15.2 Å². The first-order valence-corrected chi connectivity index (χ1v) is 10.0. The van der Waals surface area contributed by atoms with Gasteiger partial charge in [0.1, 0.15) is 5.39 Å². The average Bonchev–Trinajstić information content (AvgIpc) is 3.34. The summed E-state index contributed by atoms with van der Waals surface area (Å²) in [6.45, 7) is 3.45. The van der Waals surface area contributed by atoms with Crippen LogP contribution >= 0.6 is 23.4 Å². The van der Waals surface area contributed by atoms with Crippen LogP contribution in [0, 0.1) is 6.92 Å². The molecule has 1 amide bonds. The van der Waals surface area contributed by atoms with Crippen molar-refractivity contribution >= 4 is 40.3 Å². The Morgan fingerprint density at radius 1 is 1.33 bits per heavy atom. The number of carbonyl (C=O) groups excluding carboxylic acids is 1. The maximum absolute atomic E-state index is 13.1. The lowest BCUT2D eigenvalue weighted by molar-refractivity contribution is -0.127. The second-order valence-corrected chi connectivity index (χ2v) is 7.78. The predicted octanol–water partition coefficient (Wildman–Crippen LogP) is 2.79. The number of H-pyrrole nitrogens is 1. The van der Waals surface area contributed by atoms with Gasteiger partial charge in [-0.25, -0.2) is 4.98 Å². The fourth-order valence-corrected chi connectivity index (χ4v) is 4.28. The van der Waals surface area contributed by atoms with E-state index in [1.165, 1.54) is 22.5 Å². The van der Waals surface area contributed by atoms with Crippen molar-refractivity contribution in [3.63, 3.8) is 0 Å². The minimum atomic E-state index is -0.241. The van der Waals surface area contributed by atoms with Crippen LogP contribution in [0.3, 0.4) is 0 Å². The van der Waals surface area contributed by atoms with Gasteiger partial charge in [-0.1, -0.05) is 29.4 Å². The molecule has 27 heavy (non-hydrogen) atoms. The van der Waals surface area contributed by atoms with Crippen molar-refractivity contribution in [2.45, 2.75) is 24.9 Å². The van der Waals surface area contributed by atoms with Gasteiger partial charge in [0.2, 0.25) is 5.91 Å². The molecule has 1 fully saturated rings. The summed E-state index contributed by atoms with van der Waals surface area (Å²) in [5, 5.41) is 8.06. The fraction of sp³-hybridized carbons (Fsp3) is 0.333. The number of thioether (sulfide) groups is 1. The normalized spacial score (nSPS) is 14.2. The zero-order valence-corrected chi connectivity index (χ0v) is 16.3. The van der Waals surface area contributed by atoms with Gasteiger partial charge >= 0.3 is 0 Å². The Bertz CT molecular complexity index is 1070. The standard InChI is InChI=1S/C18H18ClN5O2S/c1-11-13(19)5-4-6-14(11)24-17(26)12-9-20-22-16(12)21-18(24)27-10-15(25)23-7-2-3-8-23/h4-6,9H,2-3,7-8,10H2,1H3,(H,20,22). The molecule has 3 aromatic rings. The van der Waals surface area contributed by atoms with Crippen LogP contribution < -0.4 is 5.56 Å². The van der Waals surface area contributed by atoms with E-state index in [-0.39, 0.29) is 17.2 Å². The molecule has 0 atom stereocenters. The van der Waals surface area contributed by atoms with E-state index in [4.69, 9.17) is 11.6 Å². The molecule has 1 aromatic carbocycles. The van der Waals surface area contributed by atoms with Crippen molar-refractivity contribution in [2.75, 3.05) is 18.8 Å². The first-order valence-electron chi connectivity index (χ1n) is 8.68. The average molecular weight is 404 g/mol. The van der Waals surface area contributed by atoms with E-state index in [0.717, 1.165) is 31.5 Å². The third kappa shape index (κ3) is 3.35. The molecule has 0 radical (unpaired) electrons. The van der Waals surface area contributed by atoms with E-state index < -0.39 is 0 Å². The van der Waals surface area contributed by atoms with Gasteiger partial charge in [0, 0.05) is 18.1 Å². The van der Waals surface area contributed by atoms with Gasteiger partial charge in [-0.3, -0.25) is 19.3 Å². The molecule has 2 aromatic heterocycles. The summed E-state index contributed by atoms with van der Waals surface area (Å²) in [6.07, 6.45) is 3.55. The molecule has 1 N–H and O–H groups in total. The summed E-state index contributed by atoms with van der Waals surface area (Å²) < 4.78 is 1.51. The van der Waals surface area contributed by atoms with Crippen LogP contribution in [0.25, 0.3) is 16.7 Å². The highest BCUT2D eigenvalue weighted by atomic mass is 35.5. The summed E-state index contributed by atoms with van der Waals surface area (Å²) in [5.74, 6) is 0.289. The van der Waals surface area contributed by atoms with E-state index >= 15 is 0 Å². The lowest BCUT2D eigenvalue weighted by Crippen LogP contribution is -2.29. The van der Waals surface area contributed by atoms with Gasteiger partial charge in [0.25, 0.3) is 5.56 Å². The number of amides is 1. The highest BCUT2D eigenvalue weighted by molar-refractivity contribution is 7.99. The summed E-state index contributed by atoms with van der Waals surface area (Å²) in [4.78, 5) is 31.9. The highest BCUT2D eigenvalue weighted by Crippen LogP contribution is 2.26. The quantitative estimate of drug-likeness (QED) is 0.535. The minimum Gasteiger partial charge on any atom is -0.342 e.